The number of carboxylic acids is 1. The minimum atomic E-state index is -2.10. The van der Waals surface area contributed by atoms with Crippen LogP contribution in [0.15, 0.2) is 4.99 Å². The predicted molar refractivity (Wildman–Crippen MR) is 48.8 cm³/mol. The summed E-state index contributed by atoms with van der Waals surface area (Å²) in [5.41, 5.74) is -2.10. The van der Waals surface area contributed by atoms with Crippen molar-refractivity contribution in [3.8, 4) is 0 Å². The van der Waals surface area contributed by atoms with E-state index in [9.17, 15) is 14.7 Å². The molecule has 2 aliphatic rings. The van der Waals surface area contributed by atoms with Crippen molar-refractivity contribution in [3.05, 3.63) is 0 Å². The van der Waals surface area contributed by atoms with Gasteiger partial charge >= 0.3 is 5.97 Å². The van der Waals surface area contributed by atoms with Gasteiger partial charge in [0, 0.05) is 12.3 Å². The molecule has 0 aromatic rings. The zero-order valence-electron chi connectivity index (χ0n) is 7.13. The Kier molecular flexibility index (Phi) is 2.00. The molecule has 1 amide bonds. The summed E-state index contributed by atoms with van der Waals surface area (Å²) in [6, 6.07) is 0. The Morgan fingerprint density at radius 3 is 3.00 bits per heavy atom. The molecule has 0 spiro atoms. The Labute approximate surface area is 83.6 Å². The van der Waals surface area contributed by atoms with Gasteiger partial charge in [0.1, 0.15) is 0 Å². The SMILES string of the molecule is O=C1C[C@](O)(C(=O)O)N2CCSC2=N1. The number of rotatable bonds is 1. The van der Waals surface area contributed by atoms with E-state index in [-0.39, 0.29) is 0 Å². The number of hydrogen-bond acceptors (Lipinski definition) is 5. The van der Waals surface area contributed by atoms with Crippen LogP contribution in [0, 0.1) is 0 Å². The number of fused-ring (bicyclic) bond motifs is 1. The summed E-state index contributed by atoms with van der Waals surface area (Å²) in [7, 11) is 0. The average molecular weight is 216 g/mol. The smallest absolute Gasteiger partial charge is 0.357 e. The van der Waals surface area contributed by atoms with E-state index >= 15 is 0 Å². The van der Waals surface area contributed by atoms with Gasteiger partial charge in [0.2, 0.25) is 5.72 Å². The molecule has 2 heterocycles. The Hall–Kier alpha value is -1.08. The maximum atomic E-state index is 11.1. The van der Waals surface area contributed by atoms with Crippen molar-refractivity contribution in [2.75, 3.05) is 12.3 Å². The molecule has 0 aliphatic carbocycles. The van der Waals surface area contributed by atoms with Crippen LogP contribution in [0.5, 0.6) is 0 Å². The standard InChI is InChI=1S/C7H8N2O4S/c10-4-3-7(13,5(11)12)9-1-2-14-6(9)8-4/h13H,1-3H2,(H,11,12)/t7-/m0/s1. The van der Waals surface area contributed by atoms with Crippen LogP contribution < -0.4 is 0 Å². The first-order chi connectivity index (χ1) is 6.54. The lowest BCUT2D eigenvalue weighted by atomic mass is 10.1. The van der Waals surface area contributed by atoms with Crippen LogP contribution in [0.1, 0.15) is 6.42 Å². The first-order valence-corrected chi connectivity index (χ1v) is 5.00. The summed E-state index contributed by atoms with van der Waals surface area (Å²) in [6.07, 6.45) is -0.480. The summed E-state index contributed by atoms with van der Waals surface area (Å²) in [4.78, 5) is 26.9. The minimum Gasteiger partial charge on any atom is -0.478 e. The van der Waals surface area contributed by atoms with Crippen molar-refractivity contribution >= 4 is 28.8 Å². The van der Waals surface area contributed by atoms with Crippen molar-refractivity contribution in [1.82, 2.24) is 4.90 Å². The molecule has 6 nitrogen and oxygen atoms in total. The zero-order valence-corrected chi connectivity index (χ0v) is 7.95. The van der Waals surface area contributed by atoms with Crippen LogP contribution in [0.25, 0.3) is 0 Å². The van der Waals surface area contributed by atoms with E-state index in [0.29, 0.717) is 17.5 Å². The van der Waals surface area contributed by atoms with Gasteiger partial charge in [-0.3, -0.25) is 4.79 Å². The maximum absolute atomic E-state index is 11.1. The molecule has 0 unspecified atom stereocenters. The highest BCUT2D eigenvalue weighted by Gasteiger charge is 2.50. The van der Waals surface area contributed by atoms with Gasteiger partial charge in [-0.2, -0.15) is 4.99 Å². The van der Waals surface area contributed by atoms with Crippen LogP contribution in [-0.4, -0.2) is 50.2 Å². The molecule has 1 atom stereocenters. The number of aliphatic hydroxyl groups is 1. The third kappa shape index (κ3) is 1.20. The van der Waals surface area contributed by atoms with Crippen LogP contribution >= 0.6 is 11.8 Å². The zero-order chi connectivity index (χ0) is 10.3. The molecule has 14 heavy (non-hydrogen) atoms. The Morgan fingerprint density at radius 1 is 1.64 bits per heavy atom. The van der Waals surface area contributed by atoms with E-state index in [2.05, 4.69) is 4.99 Å². The second-order valence-electron chi connectivity index (χ2n) is 3.09. The summed E-state index contributed by atoms with van der Waals surface area (Å²) < 4.78 is 0. The number of hydrogen-bond donors (Lipinski definition) is 2. The second kappa shape index (κ2) is 2.96. The third-order valence-corrected chi connectivity index (χ3v) is 3.14. The van der Waals surface area contributed by atoms with Crippen molar-refractivity contribution in [1.29, 1.82) is 0 Å². The number of carbonyl (C=O) groups excluding carboxylic acids is 1. The number of thioether (sulfide) groups is 1. The van der Waals surface area contributed by atoms with Gasteiger partial charge in [-0.25, -0.2) is 4.79 Å². The number of carboxylic acid groups (broad SMARTS) is 1. The van der Waals surface area contributed by atoms with Crippen LogP contribution in [-0.2, 0) is 9.59 Å². The van der Waals surface area contributed by atoms with Crippen LogP contribution in [0.3, 0.4) is 0 Å². The molecule has 7 heteroatoms. The fourth-order valence-electron chi connectivity index (χ4n) is 1.48. The minimum absolute atomic E-state index is 0.311. The second-order valence-corrected chi connectivity index (χ2v) is 4.15. The van der Waals surface area contributed by atoms with Gasteiger partial charge in [-0.15, -0.1) is 0 Å². The summed E-state index contributed by atoms with van der Waals surface area (Å²) in [5, 5.41) is 19.0. The monoisotopic (exact) mass is 216 g/mol. The highest BCUT2D eigenvalue weighted by Crippen LogP contribution is 2.31. The number of aliphatic carboxylic acids is 1. The maximum Gasteiger partial charge on any atom is 0.357 e. The molecule has 0 aromatic heterocycles. The molecule has 2 N–H and O–H groups in total. The number of amidine groups is 1. The van der Waals surface area contributed by atoms with Gasteiger partial charge in [0.05, 0.1) is 6.42 Å². The molecule has 1 fully saturated rings. The van der Waals surface area contributed by atoms with E-state index in [0.717, 1.165) is 0 Å². The van der Waals surface area contributed by atoms with Gasteiger partial charge in [-0.1, -0.05) is 11.8 Å². The number of carbonyl (C=O) groups is 2. The number of nitrogens with zero attached hydrogens (tertiary/aromatic N) is 2. The Morgan fingerprint density at radius 2 is 2.36 bits per heavy atom. The van der Waals surface area contributed by atoms with E-state index in [1.807, 2.05) is 0 Å². The number of aliphatic imine (C=N–C) groups is 1. The van der Waals surface area contributed by atoms with Crippen molar-refractivity contribution in [2.24, 2.45) is 4.99 Å². The summed E-state index contributed by atoms with van der Waals surface area (Å²) in [5.74, 6) is -1.35. The average Bonchev–Trinajstić information content (AvgIpc) is 2.51. The molecule has 1 saturated heterocycles. The molecule has 76 valence electrons. The highest BCUT2D eigenvalue weighted by atomic mass is 32.2. The number of amides is 1. The van der Waals surface area contributed by atoms with E-state index in [1.165, 1.54) is 16.7 Å². The molecular formula is C7H8N2O4S. The first kappa shape index (κ1) is 9.47. The van der Waals surface area contributed by atoms with Gasteiger partial charge < -0.3 is 15.1 Å². The lowest BCUT2D eigenvalue weighted by Crippen LogP contribution is -2.58. The predicted octanol–water partition coefficient (Wildman–Crippen LogP) is -0.905. The van der Waals surface area contributed by atoms with E-state index in [1.54, 1.807) is 0 Å². The first-order valence-electron chi connectivity index (χ1n) is 4.02. The highest BCUT2D eigenvalue weighted by molar-refractivity contribution is 8.14. The molecule has 2 aliphatic heterocycles. The largest absolute Gasteiger partial charge is 0.478 e. The molecule has 0 saturated carbocycles. The van der Waals surface area contributed by atoms with Gasteiger partial charge in [0.25, 0.3) is 5.91 Å². The van der Waals surface area contributed by atoms with E-state index in [4.69, 9.17) is 5.11 Å². The Balaban J connectivity index is 2.41. The molecule has 0 aromatic carbocycles. The topological polar surface area (TPSA) is 90.2 Å². The van der Waals surface area contributed by atoms with Crippen molar-refractivity contribution in [2.45, 2.75) is 12.1 Å². The molecule has 0 radical (unpaired) electrons. The lowest BCUT2D eigenvalue weighted by Gasteiger charge is -2.35. The lowest BCUT2D eigenvalue weighted by molar-refractivity contribution is -0.177. The van der Waals surface area contributed by atoms with Gasteiger partial charge in [-0.05, 0) is 0 Å². The molecule has 0 bridgehead atoms. The quantitative estimate of drug-likeness (QED) is 0.590. The normalized spacial score (nSPS) is 31.4. The van der Waals surface area contributed by atoms with Gasteiger partial charge in [0.15, 0.2) is 5.17 Å². The van der Waals surface area contributed by atoms with E-state index < -0.39 is 24.0 Å². The molecular weight excluding hydrogens is 208 g/mol. The van der Waals surface area contributed by atoms with Crippen molar-refractivity contribution in [3.63, 3.8) is 0 Å². The summed E-state index contributed by atoms with van der Waals surface area (Å²) in [6.45, 7) is 0.402. The van der Waals surface area contributed by atoms with Crippen molar-refractivity contribution < 1.29 is 19.8 Å². The third-order valence-electron chi connectivity index (χ3n) is 2.18. The fourth-order valence-corrected chi connectivity index (χ4v) is 2.50. The fraction of sp³-hybridized carbons (Fsp3) is 0.571. The Bertz CT molecular complexity index is 343. The summed E-state index contributed by atoms with van der Waals surface area (Å²) >= 11 is 1.28. The van der Waals surface area contributed by atoms with Crippen LogP contribution in [0.2, 0.25) is 0 Å². The van der Waals surface area contributed by atoms with Crippen LogP contribution in [0.4, 0.5) is 0 Å². The molecule has 2 rings (SSSR count).